The van der Waals surface area contributed by atoms with Gasteiger partial charge in [0.25, 0.3) is 11.8 Å². The van der Waals surface area contributed by atoms with Crippen LogP contribution in [0.3, 0.4) is 0 Å². The molecule has 1 aliphatic rings. The number of hydrogen-bond donors (Lipinski definition) is 1. The van der Waals surface area contributed by atoms with Gasteiger partial charge >= 0.3 is 6.03 Å². The van der Waals surface area contributed by atoms with Gasteiger partial charge in [-0.1, -0.05) is 60.1 Å². The number of amides is 4. The molecule has 0 spiro atoms. The van der Waals surface area contributed by atoms with Gasteiger partial charge in [0.1, 0.15) is 12.2 Å². The largest absolute Gasteiger partial charge is 0.490 e. The van der Waals surface area contributed by atoms with Crippen molar-refractivity contribution >= 4 is 52.0 Å². The lowest BCUT2D eigenvalue weighted by atomic mass is 10.0. The van der Waals surface area contributed by atoms with E-state index < -0.39 is 17.8 Å². The van der Waals surface area contributed by atoms with Crippen molar-refractivity contribution < 1.29 is 23.9 Å². The molecule has 1 fully saturated rings. The molecule has 4 aromatic rings. The molecule has 1 saturated heterocycles. The number of nitrogens with zero attached hydrogens (tertiary/aromatic N) is 1. The maximum atomic E-state index is 13.3. The number of urea groups is 1. The van der Waals surface area contributed by atoms with Crippen LogP contribution in [0.5, 0.6) is 11.5 Å². The predicted molar refractivity (Wildman–Crippen MR) is 156 cm³/mol. The molecule has 0 radical (unpaired) electrons. The molecule has 1 N–H and O–H groups in total. The monoisotopic (exact) mass is 554 g/mol. The van der Waals surface area contributed by atoms with Crippen LogP contribution in [0, 0.1) is 13.8 Å². The first-order valence-corrected chi connectivity index (χ1v) is 13.2. The lowest BCUT2D eigenvalue weighted by molar-refractivity contribution is -0.122. The Bertz CT molecular complexity index is 1690. The highest BCUT2D eigenvalue weighted by atomic mass is 35.5. The van der Waals surface area contributed by atoms with Gasteiger partial charge in [0, 0.05) is 5.56 Å². The highest BCUT2D eigenvalue weighted by Crippen LogP contribution is 2.39. The number of halogens is 1. The number of barbiturate groups is 1. The number of rotatable bonds is 7. The van der Waals surface area contributed by atoms with Crippen molar-refractivity contribution in [3.8, 4) is 11.5 Å². The van der Waals surface area contributed by atoms with Crippen molar-refractivity contribution in [1.29, 1.82) is 0 Å². The number of fused-ring (bicyclic) bond motifs is 1. The van der Waals surface area contributed by atoms with Gasteiger partial charge in [-0.15, -0.1) is 0 Å². The Labute approximate surface area is 237 Å². The van der Waals surface area contributed by atoms with Gasteiger partial charge in [-0.25, -0.2) is 9.69 Å². The fraction of sp³-hybridized carbons (Fsp3) is 0.156. The first-order valence-electron chi connectivity index (χ1n) is 12.8. The van der Waals surface area contributed by atoms with Gasteiger partial charge in [0.15, 0.2) is 11.5 Å². The van der Waals surface area contributed by atoms with Crippen LogP contribution in [-0.2, 0) is 16.2 Å². The molecule has 5 rings (SSSR count). The summed E-state index contributed by atoms with van der Waals surface area (Å²) in [4.78, 5) is 39.5. The zero-order valence-electron chi connectivity index (χ0n) is 22.3. The van der Waals surface area contributed by atoms with Crippen molar-refractivity contribution in [3.05, 3.63) is 106 Å². The maximum Gasteiger partial charge on any atom is 0.335 e. The molecule has 4 amide bonds. The van der Waals surface area contributed by atoms with Crippen molar-refractivity contribution in [1.82, 2.24) is 5.32 Å². The van der Waals surface area contributed by atoms with E-state index in [-0.39, 0.29) is 17.2 Å². The summed E-state index contributed by atoms with van der Waals surface area (Å²) in [5.41, 5.74) is 3.58. The Morgan fingerprint density at radius 3 is 2.50 bits per heavy atom. The second-order valence-corrected chi connectivity index (χ2v) is 9.84. The van der Waals surface area contributed by atoms with E-state index in [1.165, 1.54) is 6.08 Å². The van der Waals surface area contributed by atoms with E-state index in [0.717, 1.165) is 32.4 Å². The number of hydrogen-bond acceptors (Lipinski definition) is 5. The fourth-order valence-corrected chi connectivity index (χ4v) is 4.95. The number of nitrogens with one attached hydrogen (secondary N) is 1. The van der Waals surface area contributed by atoms with Crippen LogP contribution in [0.15, 0.2) is 78.4 Å². The zero-order valence-corrected chi connectivity index (χ0v) is 23.0. The van der Waals surface area contributed by atoms with E-state index in [9.17, 15) is 14.4 Å². The summed E-state index contributed by atoms with van der Waals surface area (Å²) >= 11 is 6.67. The molecule has 0 atom stereocenters. The molecule has 1 aliphatic heterocycles. The van der Waals surface area contributed by atoms with E-state index >= 15 is 0 Å². The van der Waals surface area contributed by atoms with Crippen molar-refractivity contribution in [3.63, 3.8) is 0 Å². The molecule has 1 heterocycles. The molecule has 0 aliphatic carbocycles. The average molecular weight is 555 g/mol. The van der Waals surface area contributed by atoms with Crippen molar-refractivity contribution in [2.24, 2.45) is 0 Å². The summed E-state index contributed by atoms with van der Waals surface area (Å²) in [5, 5.41) is 4.70. The minimum Gasteiger partial charge on any atom is -0.490 e. The van der Waals surface area contributed by atoms with E-state index in [0.29, 0.717) is 29.4 Å². The number of aryl methyl sites for hydroxylation is 2. The van der Waals surface area contributed by atoms with Gasteiger partial charge in [0.05, 0.1) is 17.3 Å². The van der Waals surface area contributed by atoms with Gasteiger partial charge < -0.3 is 9.47 Å². The Balaban J connectivity index is 1.48. The predicted octanol–water partition coefficient (Wildman–Crippen LogP) is 6.75. The molecule has 0 aromatic heterocycles. The Morgan fingerprint density at radius 2 is 1.73 bits per heavy atom. The summed E-state index contributed by atoms with van der Waals surface area (Å²) in [6.45, 7) is 6.32. The van der Waals surface area contributed by atoms with E-state index in [4.69, 9.17) is 21.1 Å². The topological polar surface area (TPSA) is 84.9 Å². The first-order chi connectivity index (χ1) is 19.3. The summed E-state index contributed by atoms with van der Waals surface area (Å²) in [6, 6.07) is 21.6. The van der Waals surface area contributed by atoms with E-state index in [1.54, 1.807) is 30.3 Å². The lowest BCUT2D eigenvalue weighted by Gasteiger charge is -2.26. The van der Waals surface area contributed by atoms with E-state index in [1.807, 2.05) is 39.0 Å². The highest BCUT2D eigenvalue weighted by molar-refractivity contribution is 6.39. The van der Waals surface area contributed by atoms with Gasteiger partial charge in [-0.2, -0.15) is 0 Å². The first kappa shape index (κ1) is 27.0. The lowest BCUT2D eigenvalue weighted by Crippen LogP contribution is -2.54. The smallest absolute Gasteiger partial charge is 0.335 e. The molecular formula is C32H27ClN2O5. The van der Waals surface area contributed by atoms with Crippen LogP contribution < -0.4 is 19.7 Å². The van der Waals surface area contributed by atoms with Crippen LogP contribution in [-0.4, -0.2) is 24.5 Å². The normalized spacial score (nSPS) is 14.6. The number of benzene rings is 4. The summed E-state index contributed by atoms with van der Waals surface area (Å²) in [6.07, 6.45) is 1.39. The van der Waals surface area contributed by atoms with Crippen molar-refractivity contribution in [2.75, 3.05) is 11.5 Å². The number of carbonyl (C=O) groups is 3. The van der Waals surface area contributed by atoms with Crippen LogP contribution >= 0.6 is 11.6 Å². The maximum absolute atomic E-state index is 13.3. The Morgan fingerprint density at radius 1 is 0.925 bits per heavy atom. The third-order valence-electron chi connectivity index (χ3n) is 6.64. The minimum atomic E-state index is -0.807. The van der Waals surface area contributed by atoms with Crippen LogP contribution in [0.1, 0.15) is 29.2 Å². The third kappa shape index (κ3) is 5.28. The standard InChI is InChI=1S/C32H27ClN2O5/c1-4-39-28-17-21(15-25-30(36)34-32(38)35(31(25)37)23-10-7-8-19(2)14-23)16-27(33)29(28)40-18-26-20(3)12-13-22-9-5-6-11-24(22)26/h5-17H,4,18H2,1-3H3,(H,34,36,38)/b25-15+. The molecule has 4 aromatic carbocycles. The highest BCUT2D eigenvalue weighted by Gasteiger charge is 2.37. The quantitative estimate of drug-likeness (QED) is 0.202. The van der Waals surface area contributed by atoms with Gasteiger partial charge in [0.2, 0.25) is 0 Å². The third-order valence-corrected chi connectivity index (χ3v) is 6.92. The SMILES string of the molecule is CCOc1cc(/C=C2\C(=O)NC(=O)N(c3cccc(C)c3)C2=O)cc(Cl)c1OCc1c(C)ccc2ccccc12. The molecule has 7 nitrogen and oxygen atoms in total. The molecule has 40 heavy (non-hydrogen) atoms. The van der Waals surface area contributed by atoms with Crippen LogP contribution in [0.25, 0.3) is 16.8 Å². The number of imide groups is 2. The number of anilines is 1. The van der Waals surface area contributed by atoms with Crippen LogP contribution in [0.2, 0.25) is 5.02 Å². The molecular weight excluding hydrogens is 528 g/mol. The summed E-state index contributed by atoms with van der Waals surface area (Å²) in [5.74, 6) is -0.802. The van der Waals surface area contributed by atoms with Gasteiger partial charge in [-0.05, 0) is 78.6 Å². The Kier molecular flexibility index (Phi) is 7.58. The second kappa shape index (κ2) is 11.2. The molecule has 0 unspecified atom stereocenters. The summed E-state index contributed by atoms with van der Waals surface area (Å²) < 4.78 is 12.0. The minimum absolute atomic E-state index is 0.209. The Hall–Kier alpha value is -4.62. The molecule has 202 valence electrons. The molecule has 0 bridgehead atoms. The van der Waals surface area contributed by atoms with Crippen molar-refractivity contribution in [2.45, 2.75) is 27.4 Å². The summed E-state index contributed by atoms with van der Waals surface area (Å²) in [7, 11) is 0. The second-order valence-electron chi connectivity index (χ2n) is 9.43. The van der Waals surface area contributed by atoms with Gasteiger partial charge in [-0.3, -0.25) is 14.9 Å². The molecule has 8 heteroatoms. The van der Waals surface area contributed by atoms with E-state index in [2.05, 4.69) is 29.6 Å². The number of carbonyl (C=O) groups excluding carboxylic acids is 3. The average Bonchev–Trinajstić information content (AvgIpc) is 2.91. The number of ether oxygens (including phenoxy) is 2. The molecule has 0 saturated carbocycles. The fourth-order valence-electron chi connectivity index (χ4n) is 4.68. The zero-order chi connectivity index (χ0) is 28.4. The van der Waals surface area contributed by atoms with Crippen LogP contribution in [0.4, 0.5) is 10.5 Å².